The Kier molecular flexibility index (Phi) is 4.61. The molecule has 0 atom stereocenters. The summed E-state index contributed by atoms with van der Waals surface area (Å²) < 4.78 is 2.01. The maximum absolute atomic E-state index is 11.7. The quantitative estimate of drug-likeness (QED) is 0.822. The third-order valence-corrected chi connectivity index (χ3v) is 2.89. The molecule has 98 valence electrons. The van der Waals surface area contributed by atoms with Gasteiger partial charge in [0.25, 0.3) is 0 Å². The van der Waals surface area contributed by atoms with E-state index in [0.29, 0.717) is 19.5 Å². The van der Waals surface area contributed by atoms with E-state index in [1.54, 1.807) is 12.4 Å². The minimum absolute atomic E-state index is 0.0601. The van der Waals surface area contributed by atoms with E-state index in [1.807, 2.05) is 48.1 Å². The van der Waals surface area contributed by atoms with Crippen molar-refractivity contribution in [3.8, 4) is 0 Å². The number of amides is 1. The molecule has 4 heteroatoms. The first-order valence-electron chi connectivity index (χ1n) is 6.35. The number of hydrogen-bond acceptors (Lipinski definition) is 2. The summed E-state index contributed by atoms with van der Waals surface area (Å²) >= 11 is 0. The van der Waals surface area contributed by atoms with Crippen molar-refractivity contribution in [3.63, 3.8) is 0 Å². The summed E-state index contributed by atoms with van der Waals surface area (Å²) in [6.45, 7) is 3.30. The Hall–Kier alpha value is -2.23. The van der Waals surface area contributed by atoms with Crippen LogP contribution < -0.4 is 9.88 Å². The van der Waals surface area contributed by atoms with Crippen LogP contribution in [0.3, 0.4) is 0 Å². The van der Waals surface area contributed by atoms with Crippen molar-refractivity contribution in [2.75, 3.05) is 0 Å². The fourth-order valence-corrected chi connectivity index (χ4v) is 1.70. The third kappa shape index (κ3) is 4.50. The monoisotopic (exact) mass is 256 g/mol. The largest absolute Gasteiger partial charge is 0.352 e. The Labute approximate surface area is 113 Å². The van der Waals surface area contributed by atoms with Crippen LogP contribution in [0.2, 0.25) is 0 Å². The van der Waals surface area contributed by atoms with Gasteiger partial charge in [0, 0.05) is 31.1 Å². The topological polar surface area (TPSA) is 45.9 Å². The van der Waals surface area contributed by atoms with Gasteiger partial charge in [-0.1, -0.05) is 0 Å². The van der Waals surface area contributed by atoms with Gasteiger partial charge in [0.1, 0.15) is 0 Å². The van der Waals surface area contributed by atoms with E-state index >= 15 is 0 Å². The maximum atomic E-state index is 11.7. The second-order valence-electron chi connectivity index (χ2n) is 4.50. The predicted molar refractivity (Wildman–Crippen MR) is 72.1 cm³/mol. The molecule has 0 aliphatic rings. The van der Waals surface area contributed by atoms with Gasteiger partial charge in [-0.25, -0.2) is 4.57 Å². The number of aromatic nitrogens is 2. The molecule has 0 saturated carbocycles. The summed E-state index contributed by atoms with van der Waals surface area (Å²) in [7, 11) is 0. The van der Waals surface area contributed by atoms with Crippen LogP contribution in [0.4, 0.5) is 0 Å². The molecule has 2 aromatic heterocycles. The first-order valence-corrected chi connectivity index (χ1v) is 6.35. The summed E-state index contributed by atoms with van der Waals surface area (Å²) in [5.41, 5.74) is 2.28. The van der Waals surface area contributed by atoms with E-state index in [-0.39, 0.29) is 5.91 Å². The van der Waals surface area contributed by atoms with Crippen molar-refractivity contribution in [2.24, 2.45) is 0 Å². The van der Waals surface area contributed by atoms with E-state index in [1.165, 1.54) is 5.56 Å². The van der Waals surface area contributed by atoms with E-state index in [9.17, 15) is 4.79 Å². The average Bonchev–Trinajstić information content (AvgIpc) is 2.45. The number of carbonyl (C=O) groups is 1. The highest BCUT2D eigenvalue weighted by molar-refractivity contribution is 5.75. The van der Waals surface area contributed by atoms with Crippen LogP contribution in [-0.2, 0) is 17.9 Å². The van der Waals surface area contributed by atoms with Crippen LogP contribution >= 0.6 is 0 Å². The smallest absolute Gasteiger partial charge is 0.226 e. The van der Waals surface area contributed by atoms with Gasteiger partial charge in [-0.15, -0.1) is 0 Å². The molecule has 0 aliphatic carbocycles. The first-order chi connectivity index (χ1) is 9.24. The van der Waals surface area contributed by atoms with E-state index in [4.69, 9.17) is 0 Å². The standard InChI is InChI=1S/C15H17N3O/c1-13-4-9-18(10-5-13)11-6-15(19)17-12-14-2-7-16-8-3-14/h2-5,7-10H,6,11-12H2,1H3/p+1. The Morgan fingerprint density at radius 3 is 2.58 bits per heavy atom. The zero-order chi connectivity index (χ0) is 13.5. The van der Waals surface area contributed by atoms with Crippen LogP contribution in [0, 0.1) is 6.92 Å². The molecule has 0 radical (unpaired) electrons. The highest BCUT2D eigenvalue weighted by Crippen LogP contribution is 1.95. The molecule has 4 nitrogen and oxygen atoms in total. The lowest BCUT2D eigenvalue weighted by Crippen LogP contribution is -2.36. The molecule has 0 aliphatic heterocycles. The van der Waals surface area contributed by atoms with Gasteiger partial charge in [-0.3, -0.25) is 9.78 Å². The zero-order valence-corrected chi connectivity index (χ0v) is 11.0. The number of nitrogens with zero attached hydrogens (tertiary/aromatic N) is 2. The summed E-state index contributed by atoms with van der Waals surface area (Å²) in [6, 6.07) is 7.87. The molecule has 1 amide bonds. The lowest BCUT2D eigenvalue weighted by molar-refractivity contribution is -0.695. The third-order valence-electron chi connectivity index (χ3n) is 2.89. The predicted octanol–water partition coefficient (Wildman–Crippen LogP) is 1.38. The first kappa shape index (κ1) is 13.2. The normalized spacial score (nSPS) is 10.2. The number of rotatable bonds is 5. The van der Waals surface area contributed by atoms with Crippen LogP contribution in [0.25, 0.3) is 0 Å². The fraction of sp³-hybridized carbons (Fsp3) is 0.267. The lowest BCUT2D eigenvalue weighted by atomic mass is 10.2. The minimum Gasteiger partial charge on any atom is -0.352 e. The van der Waals surface area contributed by atoms with Crippen LogP contribution in [0.1, 0.15) is 17.5 Å². The highest BCUT2D eigenvalue weighted by Gasteiger charge is 2.06. The molecule has 0 bridgehead atoms. The van der Waals surface area contributed by atoms with Crippen molar-refractivity contribution in [3.05, 3.63) is 60.2 Å². The lowest BCUT2D eigenvalue weighted by Gasteiger charge is -2.03. The van der Waals surface area contributed by atoms with Gasteiger partial charge in [0.2, 0.25) is 5.91 Å². The van der Waals surface area contributed by atoms with Gasteiger partial charge in [0.05, 0.1) is 6.42 Å². The Balaban J connectivity index is 1.74. The Morgan fingerprint density at radius 1 is 1.21 bits per heavy atom. The van der Waals surface area contributed by atoms with Gasteiger partial charge < -0.3 is 5.32 Å². The number of carbonyl (C=O) groups excluding carboxylic acids is 1. The second kappa shape index (κ2) is 6.64. The fourth-order valence-electron chi connectivity index (χ4n) is 1.70. The van der Waals surface area contributed by atoms with Crippen molar-refractivity contribution in [1.82, 2.24) is 10.3 Å². The Morgan fingerprint density at radius 2 is 1.89 bits per heavy atom. The van der Waals surface area contributed by atoms with Crippen LogP contribution in [0.5, 0.6) is 0 Å². The zero-order valence-electron chi connectivity index (χ0n) is 11.0. The maximum Gasteiger partial charge on any atom is 0.226 e. The summed E-state index contributed by atoms with van der Waals surface area (Å²) in [4.78, 5) is 15.7. The molecule has 0 spiro atoms. The second-order valence-corrected chi connectivity index (χ2v) is 4.50. The number of hydrogen-bond donors (Lipinski definition) is 1. The van der Waals surface area contributed by atoms with Gasteiger partial charge in [-0.05, 0) is 30.2 Å². The van der Waals surface area contributed by atoms with Gasteiger partial charge >= 0.3 is 0 Å². The Bertz CT molecular complexity index is 523. The van der Waals surface area contributed by atoms with Crippen molar-refractivity contribution in [2.45, 2.75) is 26.4 Å². The summed E-state index contributed by atoms with van der Waals surface area (Å²) in [6.07, 6.45) is 7.92. The summed E-state index contributed by atoms with van der Waals surface area (Å²) in [5.74, 6) is 0.0601. The molecular weight excluding hydrogens is 238 g/mol. The van der Waals surface area contributed by atoms with E-state index in [0.717, 1.165) is 5.56 Å². The molecule has 2 heterocycles. The number of pyridine rings is 2. The number of aryl methyl sites for hydroxylation is 2. The van der Waals surface area contributed by atoms with Gasteiger partial charge in [0.15, 0.2) is 18.9 Å². The van der Waals surface area contributed by atoms with Crippen molar-refractivity contribution < 1.29 is 9.36 Å². The summed E-state index contributed by atoms with van der Waals surface area (Å²) in [5, 5.41) is 2.90. The molecular formula is C15H18N3O+. The molecule has 2 rings (SSSR count). The SMILES string of the molecule is Cc1cc[n+](CCC(=O)NCc2ccncc2)cc1. The molecule has 1 N–H and O–H groups in total. The molecule has 0 unspecified atom stereocenters. The van der Waals surface area contributed by atoms with Crippen LogP contribution in [-0.4, -0.2) is 10.9 Å². The highest BCUT2D eigenvalue weighted by atomic mass is 16.1. The number of nitrogens with one attached hydrogen (secondary N) is 1. The van der Waals surface area contributed by atoms with Gasteiger partial charge in [-0.2, -0.15) is 0 Å². The van der Waals surface area contributed by atoms with Crippen LogP contribution in [0.15, 0.2) is 49.1 Å². The van der Waals surface area contributed by atoms with Crippen molar-refractivity contribution >= 4 is 5.91 Å². The molecule has 0 fully saturated rings. The average molecular weight is 256 g/mol. The minimum atomic E-state index is 0.0601. The molecule has 0 aromatic carbocycles. The van der Waals surface area contributed by atoms with E-state index in [2.05, 4.69) is 10.3 Å². The van der Waals surface area contributed by atoms with Crippen molar-refractivity contribution in [1.29, 1.82) is 0 Å². The van der Waals surface area contributed by atoms with E-state index < -0.39 is 0 Å². The molecule has 19 heavy (non-hydrogen) atoms. The molecule has 0 saturated heterocycles. The molecule has 2 aromatic rings.